The van der Waals surface area contributed by atoms with Gasteiger partial charge in [0.15, 0.2) is 0 Å². The summed E-state index contributed by atoms with van der Waals surface area (Å²) in [6.07, 6.45) is 1.26. The van der Waals surface area contributed by atoms with E-state index >= 15 is 0 Å². The zero-order chi connectivity index (χ0) is 15.4. The first kappa shape index (κ1) is 22.9. The normalized spacial score (nSPS) is 33.0. The lowest BCUT2D eigenvalue weighted by Gasteiger charge is -2.37. The van der Waals surface area contributed by atoms with Crippen LogP contribution in [0.2, 0.25) is 0 Å². The molecule has 0 saturated carbocycles. The van der Waals surface area contributed by atoms with Gasteiger partial charge in [-0.05, 0) is 32.1 Å². The van der Waals surface area contributed by atoms with E-state index in [9.17, 15) is 4.79 Å². The van der Waals surface area contributed by atoms with E-state index in [0.717, 1.165) is 38.0 Å². The second-order valence-corrected chi connectivity index (χ2v) is 7.08. The molecule has 2 aliphatic rings. The predicted octanol–water partition coefficient (Wildman–Crippen LogP) is 1.69. The van der Waals surface area contributed by atoms with Crippen LogP contribution in [-0.2, 0) is 9.53 Å². The second-order valence-electron chi connectivity index (χ2n) is 7.08. The first-order chi connectivity index (χ1) is 9.95. The van der Waals surface area contributed by atoms with Gasteiger partial charge in [0.25, 0.3) is 0 Å². The summed E-state index contributed by atoms with van der Waals surface area (Å²) in [4.78, 5) is 14.8. The summed E-state index contributed by atoms with van der Waals surface area (Å²) in [7, 11) is 0. The van der Waals surface area contributed by atoms with E-state index in [2.05, 4.69) is 36.3 Å². The van der Waals surface area contributed by atoms with Crippen molar-refractivity contribution in [3.05, 3.63) is 0 Å². The Kier molecular flexibility index (Phi) is 10.7. The van der Waals surface area contributed by atoms with Crippen molar-refractivity contribution in [3.8, 4) is 0 Å². The number of likely N-dealkylation sites (tertiary alicyclic amines) is 1. The molecule has 2 saturated heterocycles. The van der Waals surface area contributed by atoms with E-state index in [1.807, 2.05) is 6.92 Å². The minimum Gasteiger partial charge on any atom is -0.375 e. The van der Waals surface area contributed by atoms with Crippen molar-refractivity contribution in [1.29, 1.82) is 0 Å². The van der Waals surface area contributed by atoms with Gasteiger partial charge < -0.3 is 20.3 Å². The molecule has 138 valence electrons. The van der Waals surface area contributed by atoms with Gasteiger partial charge in [0.2, 0.25) is 5.91 Å². The van der Waals surface area contributed by atoms with Crippen LogP contribution in [-0.4, -0.2) is 61.8 Å². The Hall–Kier alpha value is -0.0700. The number of nitrogens with one attached hydrogen (secondary N) is 2. The van der Waals surface area contributed by atoms with Gasteiger partial charge in [-0.3, -0.25) is 4.79 Å². The van der Waals surface area contributed by atoms with Crippen molar-refractivity contribution < 1.29 is 9.53 Å². The van der Waals surface area contributed by atoms with E-state index in [-0.39, 0.29) is 48.9 Å². The molecule has 2 heterocycles. The van der Waals surface area contributed by atoms with Crippen molar-refractivity contribution in [1.82, 2.24) is 15.5 Å². The summed E-state index contributed by atoms with van der Waals surface area (Å²) in [6.45, 7) is 13.3. The predicted molar refractivity (Wildman–Crippen MR) is 98.7 cm³/mol. The molecule has 2 N–H and O–H groups in total. The van der Waals surface area contributed by atoms with Crippen molar-refractivity contribution in [2.45, 2.75) is 52.3 Å². The topological polar surface area (TPSA) is 53.6 Å². The number of ether oxygens (including phenoxy) is 1. The van der Waals surface area contributed by atoms with Gasteiger partial charge in [0, 0.05) is 32.2 Å². The largest absolute Gasteiger partial charge is 0.375 e. The lowest BCUT2D eigenvalue weighted by atomic mass is 9.92. The molecule has 2 rings (SSSR count). The van der Waals surface area contributed by atoms with Gasteiger partial charge in [-0.2, -0.15) is 0 Å². The van der Waals surface area contributed by atoms with Gasteiger partial charge in [-0.25, -0.2) is 0 Å². The first-order valence-electron chi connectivity index (χ1n) is 8.33. The molecule has 0 aromatic carbocycles. The Labute approximate surface area is 153 Å². The Morgan fingerprint density at radius 2 is 1.87 bits per heavy atom. The fourth-order valence-electron chi connectivity index (χ4n) is 3.73. The second kappa shape index (κ2) is 10.7. The highest BCUT2D eigenvalue weighted by Crippen LogP contribution is 2.20. The summed E-state index contributed by atoms with van der Waals surface area (Å²) in [6, 6.07) is -0.0497. The zero-order valence-electron chi connectivity index (χ0n) is 14.7. The van der Waals surface area contributed by atoms with Crippen LogP contribution in [0.15, 0.2) is 0 Å². The number of amides is 1. The number of rotatable bonds is 4. The molecule has 0 spiro atoms. The molecule has 5 nitrogen and oxygen atoms in total. The molecule has 1 amide bonds. The van der Waals surface area contributed by atoms with Gasteiger partial charge in [-0.15, -0.1) is 24.8 Å². The van der Waals surface area contributed by atoms with Crippen molar-refractivity contribution in [3.63, 3.8) is 0 Å². The Balaban J connectivity index is 0.00000242. The molecule has 0 aromatic heterocycles. The third kappa shape index (κ3) is 7.14. The van der Waals surface area contributed by atoms with Crippen LogP contribution in [0.1, 0.15) is 34.1 Å². The monoisotopic (exact) mass is 369 g/mol. The Morgan fingerprint density at radius 3 is 2.43 bits per heavy atom. The molecule has 0 aromatic rings. The number of morpholine rings is 1. The minimum absolute atomic E-state index is 0. The molecule has 0 bridgehead atoms. The van der Waals surface area contributed by atoms with E-state index in [0.29, 0.717) is 6.61 Å². The lowest BCUT2D eigenvalue weighted by molar-refractivity contribution is -0.129. The molecule has 3 unspecified atom stereocenters. The third-order valence-electron chi connectivity index (χ3n) is 4.46. The van der Waals surface area contributed by atoms with Crippen molar-refractivity contribution in [2.75, 3.05) is 32.8 Å². The number of carbonyl (C=O) groups excluding carboxylic acids is 1. The van der Waals surface area contributed by atoms with Crippen molar-refractivity contribution in [2.24, 2.45) is 11.8 Å². The number of piperidine rings is 1. The highest BCUT2D eigenvalue weighted by atomic mass is 35.5. The average Bonchev–Trinajstić information content (AvgIpc) is 2.37. The fourth-order valence-corrected chi connectivity index (χ4v) is 3.73. The van der Waals surface area contributed by atoms with E-state index < -0.39 is 0 Å². The number of carbonyl (C=O) groups is 1. The van der Waals surface area contributed by atoms with Crippen LogP contribution in [0.5, 0.6) is 0 Å². The number of hydrogen-bond donors (Lipinski definition) is 2. The quantitative estimate of drug-likeness (QED) is 0.791. The van der Waals surface area contributed by atoms with Gasteiger partial charge in [-0.1, -0.05) is 13.8 Å². The molecule has 23 heavy (non-hydrogen) atoms. The summed E-state index contributed by atoms with van der Waals surface area (Å²) >= 11 is 0. The van der Waals surface area contributed by atoms with Crippen LogP contribution in [0.3, 0.4) is 0 Å². The third-order valence-corrected chi connectivity index (χ3v) is 4.46. The first-order valence-corrected chi connectivity index (χ1v) is 8.33. The molecule has 0 radical (unpaired) electrons. The number of hydrogen-bond acceptors (Lipinski definition) is 4. The molecule has 2 aliphatic heterocycles. The van der Waals surface area contributed by atoms with E-state index in [4.69, 9.17) is 4.74 Å². The summed E-state index contributed by atoms with van der Waals surface area (Å²) in [5.74, 6) is 1.57. The average molecular weight is 370 g/mol. The number of halogens is 2. The maximum Gasteiger partial charge on any atom is 0.240 e. The fraction of sp³-hybridized carbons (Fsp3) is 0.938. The smallest absolute Gasteiger partial charge is 0.240 e. The summed E-state index contributed by atoms with van der Waals surface area (Å²) in [5.41, 5.74) is 0. The molecule has 7 heteroatoms. The van der Waals surface area contributed by atoms with E-state index in [1.165, 1.54) is 6.42 Å². The maximum absolute atomic E-state index is 12.3. The Morgan fingerprint density at radius 1 is 1.26 bits per heavy atom. The maximum atomic E-state index is 12.3. The molecule has 0 aliphatic carbocycles. The highest BCUT2D eigenvalue weighted by Gasteiger charge is 2.29. The van der Waals surface area contributed by atoms with Crippen LogP contribution in [0.25, 0.3) is 0 Å². The van der Waals surface area contributed by atoms with E-state index in [1.54, 1.807) is 0 Å². The standard InChI is InChI=1S/C16H31N3O2.2ClH/c1-11-7-12(2)9-19(8-11)10-13(3)18-16(20)15-14(4)21-6-5-17-15;;/h11-15,17H,5-10H2,1-4H3,(H,18,20);2*1H/t11?,12?,13?,14-,15+;;/m1../s1. The molecular weight excluding hydrogens is 337 g/mol. The molecule has 2 fully saturated rings. The SMILES string of the molecule is CC1CC(C)CN(CC(C)NC(=O)[C@H]2NCCO[C@@H]2C)C1.Cl.Cl. The summed E-state index contributed by atoms with van der Waals surface area (Å²) < 4.78 is 5.54. The van der Waals surface area contributed by atoms with Gasteiger partial charge >= 0.3 is 0 Å². The Bertz CT molecular complexity index is 350. The zero-order valence-corrected chi connectivity index (χ0v) is 16.3. The van der Waals surface area contributed by atoms with Gasteiger partial charge in [0.1, 0.15) is 6.04 Å². The van der Waals surface area contributed by atoms with Gasteiger partial charge in [0.05, 0.1) is 12.7 Å². The van der Waals surface area contributed by atoms with Crippen LogP contribution in [0, 0.1) is 11.8 Å². The summed E-state index contributed by atoms with van der Waals surface area (Å²) in [5, 5.41) is 6.37. The number of nitrogens with zero attached hydrogens (tertiary/aromatic N) is 1. The highest BCUT2D eigenvalue weighted by molar-refractivity contribution is 5.85. The minimum atomic E-state index is -0.222. The lowest BCUT2D eigenvalue weighted by Crippen LogP contribution is -2.58. The van der Waals surface area contributed by atoms with Crippen LogP contribution >= 0.6 is 24.8 Å². The molecular formula is C16H33Cl2N3O2. The van der Waals surface area contributed by atoms with Crippen LogP contribution < -0.4 is 10.6 Å². The van der Waals surface area contributed by atoms with Crippen LogP contribution in [0.4, 0.5) is 0 Å². The molecule has 5 atom stereocenters. The van der Waals surface area contributed by atoms with Crippen molar-refractivity contribution >= 4 is 30.7 Å².